The number of carbonyl (C=O) groups is 3. The zero-order chi connectivity index (χ0) is 19.2. The maximum Gasteiger partial charge on any atom is 0.408 e. The summed E-state index contributed by atoms with van der Waals surface area (Å²) in [4.78, 5) is 36.4. The van der Waals surface area contributed by atoms with Crippen molar-refractivity contribution >= 4 is 18.0 Å². The minimum absolute atomic E-state index is 0.0659. The second-order valence-corrected chi connectivity index (χ2v) is 7.34. The molecule has 0 radical (unpaired) electrons. The first-order valence-corrected chi connectivity index (χ1v) is 8.72. The van der Waals surface area contributed by atoms with Gasteiger partial charge >= 0.3 is 12.1 Å². The van der Waals surface area contributed by atoms with Crippen LogP contribution in [-0.2, 0) is 25.7 Å². The lowest BCUT2D eigenvalue weighted by Gasteiger charge is -2.22. The fraction of sp³-hybridized carbons (Fsp3) is 0.526. The predicted octanol–water partition coefficient (Wildman–Crippen LogP) is 2.29. The Morgan fingerprint density at radius 2 is 1.81 bits per heavy atom. The molecule has 26 heavy (non-hydrogen) atoms. The minimum atomic E-state index is -1.10. The Balaban J connectivity index is 1.94. The van der Waals surface area contributed by atoms with Crippen LogP contribution in [0.3, 0.4) is 0 Å². The van der Waals surface area contributed by atoms with E-state index in [0.717, 1.165) is 18.4 Å². The predicted molar refractivity (Wildman–Crippen MR) is 95.2 cm³/mol. The first kappa shape index (κ1) is 19.8. The Bertz CT molecular complexity index is 635. The number of esters is 1. The maximum absolute atomic E-state index is 12.4. The summed E-state index contributed by atoms with van der Waals surface area (Å²) < 4.78 is 10.4. The van der Waals surface area contributed by atoms with Gasteiger partial charge in [-0.2, -0.15) is 0 Å². The number of rotatable bonds is 7. The molecule has 0 aliphatic heterocycles. The summed E-state index contributed by atoms with van der Waals surface area (Å²) in [6, 6.07) is 8.25. The molecule has 0 spiro atoms. The molecule has 0 heterocycles. The molecule has 1 aromatic carbocycles. The summed E-state index contributed by atoms with van der Waals surface area (Å²) in [5.74, 6) is -0.976. The Morgan fingerprint density at radius 1 is 1.15 bits per heavy atom. The number of benzene rings is 1. The van der Waals surface area contributed by atoms with Crippen molar-refractivity contribution < 1.29 is 23.9 Å². The average Bonchev–Trinajstić information content (AvgIpc) is 3.35. The topological polar surface area (TPSA) is 93.7 Å². The molecule has 1 aliphatic carbocycles. The third-order valence-corrected chi connectivity index (χ3v) is 3.53. The van der Waals surface area contributed by atoms with Crippen LogP contribution >= 0.6 is 0 Å². The van der Waals surface area contributed by atoms with E-state index < -0.39 is 23.7 Å². The summed E-state index contributed by atoms with van der Waals surface area (Å²) in [5.41, 5.74) is 0.109. The molecule has 1 atom stereocenters. The van der Waals surface area contributed by atoms with Gasteiger partial charge < -0.3 is 20.1 Å². The number of amides is 2. The zero-order valence-corrected chi connectivity index (χ0v) is 15.4. The molecule has 0 saturated heterocycles. The van der Waals surface area contributed by atoms with Crippen LogP contribution in [-0.4, -0.2) is 35.7 Å². The van der Waals surface area contributed by atoms with Crippen LogP contribution in [0.2, 0.25) is 0 Å². The van der Waals surface area contributed by atoms with Gasteiger partial charge in [-0.15, -0.1) is 0 Å². The minimum Gasteiger partial charge on any atom is -0.459 e. The first-order valence-electron chi connectivity index (χ1n) is 8.72. The summed E-state index contributed by atoms with van der Waals surface area (Å²) in [5, 5.41) is 5.23. The monoisotopic (exact) mass is 362 g/mol. The van der Waals surface area contributed by atoms with Gasteiger partial charge in [-0.25, -0.2) is 9.59 Å². The van der Waals surface area contributed by atoms with Crippen molar-refractivity contribution in [3.8, 4) is 0 Å². The Labute approximate surface area is 153 Å². The number of nitrogens with one attached hydrogen (secondary N) is 2. The highest BCUT2D eigenvalue weighted by atomic mass is 16.6. The van der Waals surface area contributed by atoms with Crippen molar-refractivity contribution in [1.82, 2.24) is 10.6 Å². The van der Waals surface area contributed by atoms with Crippen LogP contribution < -0.4 is 10.6 Å². The van der Waals surface area contributed by atoms with Crippen LogP contribution in [0, 0.1) is 0 Å². The highest BCUT2D eigenvalue weighted by molar-refractivity contribution is 5.88. The highest BCUT2D eigenvalue weighted by Crippen LogP contribution is 2.19. The molecule has 2 rings (SSSR count). The van der Waals surface area contributed by atoms with Crippen molar-refractivity contribution in [3.63, 3.8) is 0 Å². The quantitative estimate of drug-likeness (QED) is 0.726. The normalized spacial score (nSPS) is 14.9. The lowest BCUT2D eigenvalue weighted by molar-refractivity contribution is -0.149. The fourth-order valence-corrected chi connectivity index (χ4v) is 2.17. The lowest BCUT2D eigenvalue weighted by atomic mass is 10.2. The highest BCUT2D eigenvalue weighted by Gasteiger charge is 2.30. The van der Waals surface area contributed by atoms with E-state index in [1.807, 2.05) is 30.3 Å². The van der Waals surface area contributed by atoms with Crippen LogP contribution in [0.1, 0.15) is 45.6 Å². The maximum atomic E-state index is 12.4. The third kappa shape index (κ3) is 7.55. The van der Waals surface area contributed by atoms with Crippen LogP contribution in [0.5, 0.6) is 0 Å². The molecule has 2 amide bonds. The van der Waals surface area contributed by atoms with Gasteiger partial charge in [0, 0.05) is 6.04 Å². The number of ether oxygens (including phenoxy) is 2. The molecule has 0 unspecified atom stereocenters. The second-order valence-electron chi connectivity index (χ2n) is 7.34. The Kier molecular flexibility index (Phi) is 6.60. The summed E-state index contributed by atoms with van der Waals surface area (Å²) >= 11 is 0. The van der Waals surface area contributed by atoms with Gasteiger partial charge in [0.15, 0.2) is 0 Å². The smallest absolute Gasteiger partial charge is 0.408 e. The van der Waals surface area contributed by atoms with Gasteiger partial charge in [0.25, 0.3) is 0 Å². The summed E-state index contributed by atoms with van der Waals surface area (Å²) in [6.07, 6.45) is 0.921. The van der Waals surface area contributed by atoms with Crippen molar-refractivity contribution in [2.24, 2.45) is 0 Å². The van der Waals surface area contributed by atoms with Gasteiger partial charge in [-0.3, -0.25) is 4.79 Å². The van der Waals surface area contributed by atoms with Gasteiger partial charge in [0.2, 0.25) is 5.91 Å². The molecule has 1 aromatic rings. The first-order chi connectivity index (χ1) is 12.2. The fourth-order valence-electron chi connectivity index (χ4n) is 2.17. The van der Waals surface area contributed by atoms with E-state index >= 15 is 0 Å². The lowest BCUT2D eigenvalue weighted by Crippen LogP contribution is -2.46. The van der Waals surface area contributed by atoms with Gasteiger partial charge in [-0.1, -0.05) is 30.3 Å². The molecule has 1 aliphatic rings. The standard InChI is InChI=1S/C19H26N2O5/c1-19(2,3)26-18(24)21-15(11-16(22)20-14-9-10-14)17(23)25-12-13-7-5-4-6-8-13/h4-8,14-15H,9-12H2,1-3H3,(H,20,22)(H,21,24)/t15-/m0/s1. The van der Waals surface area contributed by atoms with Crippen LogP contribution in [0.25, 0.3) is 0 Å². The largest absolute Gasteiger partial charge is 0.459 e. The van der Waals surface area contributed by atoms with Gasteiger partial charge in [0.1, 0.15) is 18.2 Å². The molecule has 0 aromatic heterocycles. The molecule has 7 heteroatoms. The molecule has 1 fully saturated rings. The number of carbonyl (C=O) groups excluding carboxylic acids is 3. The summed E-state index contributed by atoms with van der Waals surface area (Å²) in [6.45, 7) is 5.22. The van der Waals surface area contributed by atoms with Gasteiger partial charge in [0.05, 0.1) is 6.42 Å². The average molecular weight is 362 g/mol. The number of hydrogen-bond acceptors (Lipinski definition) is 5. The van der Waals surface area contributed by atoms with E-state index in [-0.39, 0.29) is 25.0 Å². The third-order valence-electron chi connectivity index (χ3n) is 3.53. The Hall–Kier alpha value is -2.57. The van der Waals surface area contributed by atoms with E-state index in [0.29, 0.717) is 0 Å². The van der Waals surface area contributed by atoms with E-state index in [1.165, 1.54) is 0 Å². The molecule has 7 nitrogen and oxygen atoms in total. The molecular formula is C19H26N2O5. The molecule has 1 saturated carbocycles. The van der Waals surface area contributed by atoms with E-state index in [4.69, 9.17) is 9.47 Å². The van der Waals surface area contributed by atoms with E-state index in [1.54, 1.807) is 20.8 Å². The molecular weight excluding hydrogens is 336 g/mol. The van der Waals surface area contributed by atoms with Gasteiger partial charge in [-0.05, 0) is 39.2 Å². The van der Waals surface area contributed by atoms with E-state index in [9.17, 15) is 14.4 Å². The van der Waals surface area contributed by atoms with Crippen LogP contribution in [0.4, 0.5) is 4.79 Å². The van der Waals surface area contributed by atoms with Crippen molar-refractivity contribution in [2.45, 2.75) is 64.3 Å². The molecule has 0 bridgehead atoms. The SMILES string of the molecule is CC(C)(C)OC(=O)N[C@@H](CC(=O)NC1CC1)C(=O)OCc1ccccc1. The van der Waals surface area contributed by atoms with Crippen molar-refractivity contribution in [2.75, 3.05) is 0 Å². The number of hydrogen-bond donors (Lipinski definition) is 2. The second kappa shape index (κ2) is 8.69. The van der Waals surface area contributed by atoms with Crippen molar-refractivity contribution in [1.29, 1.82) is 0 Å². The Morgan fingerprint density at radius 3 is 2.38 bits per heavy atom. The zero-order valence-electron chi connectivity index (χ0n) is 15.4. The molecule has 2 N–H and O–H groups in total. The molecule has 142 valence electrons. The van der Waals surface area contributed by atoms with E-state index in [2.05, 4.69) is 10.6 Å². The van der Waals surface area contributed by atoms with Crippen LogP contribution in [0.15, 0.2) is 30.3 Å². The van der Waals surface area contributed by atoms with Crippen molar-refractivity contribution in [3.05, 3.63) is 35.9 Å². The number of alkyl carbamates (subject to hydrolysis) is 1. The summed E-state index contributed by atoms with van der Waals surface area (Å²) in [7, 11) is 0.